The van der Waals surface area contributed by atoms with Gasteiger partial charge in [-0.05, 0) is 83.9 Å². The Bertz CT molecular complexity index is 2190. The first-order chi connectivity index (χ1) is 23.7. The second-order valence-electron chi connectivity index (χ2n) is 10.9. The van der Waals surface area contributed by atoms with Crippen LogP contribution in [-0.2, 0) is 9.59 Å². The van der Waals surface area contributed by atoms with E-state index >= 15 is 0 Å². The highest BCUT2D eigenvalue weighted by Gasteiger charge is 2.18. The normalized spacial score (nSPS) is 11.9. The van der Waals surface area contributed by atoms with Crippen LogP contribution in [0, 0.1) is 0 Å². The van der Waals surface area contributed by atoms with E-state index < -0.39 is 17.1 Å². The molecule has 244 valence electrons. The van der Waals surface area contributed by atoms with Crippen molar-refractivity contribution in [1.82, 2.24) is 10.3 Å². The highest BCUT2D eigenvalue weighted by Crippen LogP contribution is 2.30. The first-order valence-electron chi connectivity index (χ1n) is 15.1. The summed E-state index contributed by atoms with van der Waals surface area (Å²) >= 11 is 15.2. The van der Waals surface area contributed by atoms with Gasteiger partial charge in [-0.25, -0.2) is 4.98 Å². The van der Waals surface area contributed by atoms with E-state index in [1.807, 2.05) is 42.6 Å². The topological polar surface area (TPSA) is 100 Å². The molecule has 0 aliphatic heterocycles. The highest BCUT2D eigenvalue weighted by atomic mass is 35.5. The van der Waals surface area contributed by atoms with Crippen LogP contribution in [0.25, 0.3) is 28.1 Å². The van der Waals surface area contributed by atoms with Crippen molar-refractivity contribution in [3.63, 3.8) is 0 Å². The van der Waals surface area contributed by atoms with Gasteiger partial charge in [0.1, 0.15) is 5.70 Å². The number of aromatic nitrogens is 1. The van der Waals surface area contributed by atoms with Gasteiger partial charge < -0.3 is 16.0 Å². The zero-order valence-electron chi connectivity index (χ0n) is 25.9. The molecule has 0 radical (unpaired) electrons. The van der Waals surface area contributed by atoms with E-state index in [1.165, 1.54) is 29.2 Å². The molecule has 1 aromatic heterocycles. The maximum Gasteiger partial charge on any atom is 0.272 e. The quantitative estimate of drug-likeness (QED) is 0.0966. The number of anilines is 2. The average molecular weight is 724 g/mol. The lowest BCUT2D eigenvalue weighted by molar-refractivity contribution is -0.115. The second kappa shape index (κ2) is 15.5. The smallest absolute Gasteiger partial charge is 0.272 e. The van der Waals surface area contributed by atoms with Gasteiger partial charge in [0.05, 0.1) is 10.9 Å². The molecule has 0 bridgehead atoms. The van der Waals surface area contributed by atoms with Gasteiger partial charge in [-0.1, -0.05) is 83.9 Å². The van der Waals surface area contributed by atoms with Gasteiger partial charge in [-0.3, -0.25) is 14.4 Å². The van der Waals surface area contributed by atoms with Crippen LogP contribution in [-0.4, -0.2) is 28.0 Å². The fourth-order valence-electron chi connectivity index (χ4n) is 4.81. The summed E-state index contributed by atoms with van der Waals surface area (Å²) in [5.74, 6) is -1.17. The molecule has 0 saturated heterocycles. The molecular weight excluding hydrogens is 695 g/mol. The molecule has 5 aromatic carbocycles. The maximum absolute atomic E-state index is 13.4. The molecule has 0 spiro atoms. The van der Waals surface area contributed by atoms with E-state index in [2.05, 4.69) is 45.2 Å². The third-order valence-electron chi connectivity index (χ3n) is 7.36. The lowest BCUT2D eigenvalue weighted by Crippen LogP contribution is -2.30. The molecule has 3 amide bonds. The SMILES string of the molecule is CC(Sc1ccc(NC(=O)/C(=C/c2ccc(Cl)cc2Cl)NC(=O)c2ccccc2)cc1)C(=O)Nc1nc(-c2ccc3ccccc3c2)cs1. The summed E-state index contributed by atoms with van der Waals surface area (Å²) in [6.07, 6.45) is 1.49. The number of rotatable bonds is 10. The van der Waals surface area contributed by atoms with Crippen LogP contribution in [0.2, 0.25) is 10.0 Å². The van der Waals surface area contributed by atoms with Crippen molar-refractivity contribution in [2.75, 3.05) is 10.6 Å². The first kappa shape index (κ1) is 34.0. The molecule has 1 heterocycles. The fourth-order valence-corrected chi connectivity index (χ4v) is 6.86. The van der Waals surface area contributed by atoms with Gasteiger partial charge in [-0.2, -0.15) is 0 Å². The molecule has 6 rings (SSSR count). The number of halogens is 2. The summed E-state index contributed by atoms with van der Waals surface area (Å²) in [5, 5.41) is 13.6. The van der Waals surface area contributed by atoms with Gasteiger partial charge in [0.15, 0.2) is 5.13 Å². The van der Waals surface area contributed by atoms with E-state index in [4.69, 9.17) is 23.2 Å². The van der Waals surface area contributed by atoms with Crippen molar-refractivity contribution in [2.45, 2.75) is 17.1 Å². The Labute approximate surface area is 301 Å². The van der Waals surface area contributed by atoms with Gasteiger partial charge in [0.25, 0.3) is 11.8 Å². The molecule has 0 fully saturated rings. The lowest BCUT2D eigenvalue weighted by Gasteiger charge is -2.13. The minimum atomic E-state index is -0.546. The number of benzene rings is 5. The molecule has 0 aliphatic rings. The molecular formula is C38H28Cl2N4O3S2. The van der Waals surface area contributed by atoms with Gasteiger partial charge in [0, 0.05) is 37.1 Å². The molecule has 0 aliphatic carbocycles. The number of fused-ring (bicyclic) bond motifs is 1. The third kappa shape index (κ3) is 8.76. The van der Waals surface area contributed by atoms with E-state index in [0.29, 0.717) is 32.0 Å². The predicted molar refractivity (Wildman–Crippen MR) is 202 cm³/mol. The van der Waals surface area contributed by atoms with Crippen molar-refractivity contribution in [3.8, 4) is 11.3 Å². The summed E-state index contributed by atoms with van der Waals surface area (Å²) in [6.45, 7) is 1.82. The Morgan fingerprint density at radius 2 is 1.55 bits per heavy atom. The predicted octanol–water partition coefficient (Wildman–Crippen LogP) is 9.80. The Balaban J connectivity index is 1.09. The average Bonchev–Trinajstić information content (AvgIpc) is 3.58. The number of hydrogen-bond donors (Lipinski definition) is 3. The molecule has 3 N–H and O–H groups in total. The summed E-state index contributed by atoms with van der Waals surface area (Å²) in [4.78, 5) is 44.8. The van der Waals surface area contributed by atoms with E-state index in [0.717, 1.165) is 26.9 Å². The standard InChI is InChI=1S/C38H28Cl2N4O3S2/c1-23(35(45)44-38-43-34(22-48-38)28-12-11-24-7-5-6-10-26(24)19-28)49-31-17-15-30(16-18-31)41-37(47)33(20-27-13-14-29(39)21-32(27)40)42-36(46)25-8-3-2-4-9-25/h2-23H,1H3,(H,41,47)(H,42,46)(H,43,44,45)/b33-20-. The summed E-state index contributed by atoms with van der Waals surface area (Å²) in [5.41, 5.74) is 3.18. The summed E-state index contributed by atoms with van der Waals surface area (Å²) in [7, 11) is 0. The largest absolute Gasteiger partial charge is 0.321 e. The molecule has 49 heavy (non-hydrogen) atoms. The second-order valence-corrected chi connectivity index (χ2v) is 14.0. The van der Waals surface area contributed by atoms with Crippen LogP contribution in [0.4, 0.5) is 10.8 Å². The molecule has 0 saturated carbocycles. The van der Waals surface area contributed by atoms with Gasteiger partial charge in [0.2, 0.25) is 5.91 Å². The summed E-state index contributed by atoms with van der Waals surface area (Å²) < 4.78 is 0. The number of thiazole rings is 1. The van der Waals surface area contributed by atoms with Crippen molar-refractivity contribution in [2.24, 2.45) is 0 Å². The number of amides is 3. The van der Waals surface area contributed by atoms with Crippen molar-refractivity contribution in [1.29, 1.82) is 0 Å². The lowest BCUT2D eigenvalue weighted by atomic mass is 10.1. The van der Waals surface area contributed by atoms with Gasteiger partial charge >= 0.3 is 0 Å². The number of thioether (sulfide) groups is 1. The molecule has 1 unspecified atom stereocenters. The number of hydrogen-bond acceptors (Lipinski definition) is 6. The molecule has 1 atom stereocenters. The third-order valence-corrected chi connectivity index (χ3v) is 9.80. The fraction of sp³-hybridized carbons (Fsp3) is 0.0526. The molecule has 7 nitrogen and oxygen atoms in total. The Morgan fingerprint density at radius 1 is 0.816 bits per heavy atom. The number of carbonyl (C=O) groups is 3. The van der Waals surface area contributed by atoms with Gasteiger partial charge in [-0.15, -0.1) is 23.1 Å². The Hall–Kier alpha value is -4.93. The first-order valence-corrected chi connectivity index (χ1v) is 17.6. The minimum Gasteiger partial charge on any atom is -0.321 e. The summed E-state index contributed by atoms with van der Waals surface area (Å²) in [6, 6.07) is 34.8. The van der Waals surface area contributed by atoms with Crippen LogP contribution in [0.1, 0.15) is 22.8 Å². The van der Waals surface area contributed by atoms with Crippen LogP contribution in [0.3, 0.4) is 0 Å². The Kier molecular flexibility index (Phi) is 10.8. The zero-order chi connectivity index (χ0) is 34.3. The van der Waals surface area contributed by atoms with E-state index in [-0.39, 0.29) is 11.6 Å². The zero-order valence-corrected chi connectivity index (χ0v) is 29.1. The van der Waals surface area contributed by atoms with Crippen LogP contribution < -0.4 is 16.0 Å². The van der Waals surface area contributed by atoms with Crippen LogP contribution in [0.5, 0.6) is 0 Å². The number of nitrogens with one attached hydrogen (secondary N) is 3. The van der Waals surface area contributed by atoms with Crippen LogP contribution in [0.15, 0.2) is 131 Å². The Morgan fingerprint density at radius 3 is 2.31 bits per heavy atom. The molecule has 11 heteroatoms. The monoisotopic (exact) mass is 722 g/mol. The van der Waals surface area contributed by atoms with E-state index in [9.17, 15) is 14.4 Å². The van der Waals surface area contributed by atoms with Crippen molar-refractivity contribution in [3.05, 3.63) is 148 Å². The number of nitrogens with zero attached hydrogens (tertiary/aromatic N) is 1. The molecule has 6 aromatic rings. The number of carbonyl (C=O) groups excluding carboxylic acids is 3. The minimum absolute atomic E-state index is 0.00669. The van der Waals surface area contributed by atoms with Crippen molar-refractivity contribution < 1.29 is 14.4 Å². The maximum atomic E-state index is 13.4. The van der Waals surface area contributed by atoms with Crippen molar-refractivity contribution >= 4 is 91.7 Å². The highest BCUT2D eigenvalue weighted by molar-refractivity contribution is 8.00. The van der Waals surface area contributed by atoms with E-state index in [1.54, 1.807) is 60.7 Å². The van der Waals surface area contributed by atoms with Crippen LogP contribution >= 0.6 is 46.3 Å².